The van der Waals surface area contributed by atoms with Crippen LogP contribution in [0.3, 0.4) is 0 Å². The van der Waals surface area contributed by atoms with Gasteiger partial charge in [-0.15, -0.1) is 0 Å². The first-order valence-corrected chi connectivity index (χ1v) is 4.69. The summed E-state index contributed by atoms with van der Waals surface area (Å²) in [5.41, 5.74) is 0. The molecule has 12 heavy (non-hydrogen) atoms. The number of rotatable bonds is 3. The van der Waals surface area contributed by atoms with Crippen molar-refractivity contribution in [1.29, 1.82) is 0 Å². The van der Waals surface area contributed by atoms with E-state index in [9.17, 15) is 4.79 Å². The van der Waals surface area contributed by atoms with Gasteiger partial charge in [0, 0.05) is 26.2 Å². The van der Waals surface area contributed by atoms with E-state index >= 15 is 0 Å². The van der Waals surface area contributed by atoms with Gasteiger partial charge in [-0.2, -0.15) is 0 Å². The molecule has 0 amide bonds. The Morgan fingerprint density at radius 2 is 1.92 bits per heavy atom. The van der Waals surface area contributed by atoms with Gasteiger partial charge in [0.1, 0.15) is 6.29 Å². The van der Waals surface area contributed by atoms with E-state index in [-0.39, 0.29) is 6.04 Å². The van der Waals surface area contributed by atoms with E-state index in [4.69, 9.17) is 0 Å². The zero-order chi connectivity index (χ0) is 8.97. The summed E-state index contributed by atoms with van der Waals surface area (Å²) in [4.78, 5) is 15.1. The Bertz CT molecular complexity index is 141. The van der Waals surface area contributed by atoms with Crippen molar-refractivity contribution in [2.24, 2.45) is 0 Å². The first kappa shape index (κ1) is 9.68. The molecule has 3 heteroatoms. The van der Waals surface area contributed by atoms with Crippen LogP contribution in [-0.2, 0) is 4.79 Å². The average Bonchev–Trinajstić information content (AvgIpc) is 2.17. The molecule has 0 aliphatic carbocycles. The Morgan fingerprint density at radius 1 is 1.33 bits per heavy atom. The zero-order valence-corrected chi connectivity index (χ0v) is 7.99. The predicted octanol–water partition coefficient (Wildman–Crippen LogP) is 0.211. The minimum absolute atomic E-state index is 0.101. The molecule has 0 aromatic rings. The Labute approximate surface area is 74.3 Å². The van der Waals surface area contributed by atoms with Gasteiger partial charge in [0.25, 0.3) is 0 Å². The molecule has 1 fully saturated rings. The topological polar surface area (TPSA) is 23.6 Å². The second kappa shape index (κ2) is 4.58. The first-order valence-electron chi connectivity index (χ1n) is 4.69. The van der Waals surface area contributed by atoms with Crippen LogP contribution in [0.2, 0.25) is 0 Å². The Hall–Kier alpha value is -0.410. The van der Waals surface area contributed by atoms with Crippen LogP contribution in [0.15, 0.2) is 0 Å². The molecule has 1 heterocycles. The van der Waals surface area contributed by atoms with Gasteiger partial charge in [-0.25, -0.2) is 0 Å². The molecular formula is C9H18N2O. The monoisotopic (exact) mass is 170 g/mol. The summed E-state index contributed by atoms with van der Waals surface area (Å²) in [6, 6.07) is 0.101. The summed E-state index contributed by atoms with van der Waals surface area (Å²) in [5.74, 6) is 0. The van der Waals surface area contributed by atoms with Crippen LogP contribution in [-0.4, -0.2) is 54.9 Å². The lowest BCUT2D eigenvalue weighted by Crippen LogP contribution is -2.49. The summed E-state index contributed by atoms with van der Waals surface area (Å²) in [5, 5.41) is 0. The maximum absolute atomic E-state index is 10.5. The van der Waals surface area contributed by atoms with Crippen molar-refractivity contribution in [2.45, 2.75) is 19.9 Å². The van der Waals surface area contributed by atoms with E-state index in [1.165, 1.54) is 0 Å². The second-order valence-corrected chi connectivity index (χ2v) is 3.35. The maximum atomic E-state index is 10.5. The molecule has 0 radical (unpaired) electrons. The number of nitrogens with zero attached hydrogens (tertiary/aromatic N) is 2. The van der Waals surface area contributed by atoms with Gasteiger partial charge in [0.15, 0.2) is 0 Å². The van der Waals surface area contributed by atoms with E-state index in [2.05, 4.69) is 16.7 Å². The number of piperazine rings is 1. The summed E-state index contributed by atoms with van der Waals surface area (Å²) >= 11 is 0. The van der Waals surface area contributed by atoms with Crippen LogP contribution < -0.4 is 0 Å². The van der Waals surface area contributed by atoms with Gasteiger partial charge in [-0.1, -0.05) is 6.92 Å². The maximum Gasteiger partial charge on any atom is 0.136 e. The van der Waals surface area contributed by atoms with Gasteiger partial charge in [0.2, 0.25) is 0 Å². The van der Waals surface area contributed by atoms with Crippen LogP contribution in [0.4, 0.5) is 0 Å². The molecule has 1 rings (SSSR count). The van der Waals surface area contributed by atoms with Gasteiger partial charge in [-0.3, -0.25) is 4.90 Å². The van der Waals surface area contributed by atoms with Crippen molar-refractivity contribution >= 4 is 6.29 Å². The van der Waals surface area contributed by atoms with Crippen molar-refractivity contribution in [3.63, 3.8) is 0 Å². The molecular weight excluding hydrogens is 152 g/mol. The predicted molar refractivity (Wildman–Crippen MR) is 49.2 cm³/mol. The molecule has 70 valence electrons. The van der Waals surface area contributed by atoms with Gasteiger partial charge in [0.05, 0.1) is 6.04 Å². The number of carbonyl (C=O) groups is 1. The highest BCUT2D eigenvalue weighted by Gasteiger charge is 2.18. The molecule has 1 unspecified atom stereocenters. The number of carbonyl (C=O) groups excluding carboxylic acids is 1. The third-order valence-corrected chi connectivity index (χ3v) is 2.63. The molecule has 0 bridgehead atoms. The second-order valence-electron chi connectivity index (χ2n) is 3.35. The summed E-state index contributed by atoms with van der Waals surface area (Å²) in [7, 11) is 0. The average molecular weight is 170 g/mol. The molecule has 0 aromatic carbocycles. The number of aldehydes is 1. The van der Waals surface area contributed by atoms with E-state index in [1.54, 1.807) is 0 Å². The van der Waals surface area contributed by atoms with E-state index < -0.39 is 0 Å². The third-order valence-electron chi connectivity index (χ3n) is 2.63. The van der Waals surface area contributed by atoms with Gasteiger partial charge in [-0.05, 0) is 13.5 Å². The molecule has 3 nitrogen and oxygen atoms in total. The van der Waals surface area contributed by atoms with Crippen LogP contribution in [0.5, 0.6) is 0 Å². The van der Waals surface area contributed by atoms with Crippen molar-refractivity contribution in [2.75, 3.05) is 32.7 Å². The van der Waals surface area contributed by atoms with Crippen LogP contribution >= 0.6 is 0 Å². The van der Waals surface area contributed by atoms with Gasteiger partial charge < -0.3 is 9.69 Å². The number of hydrogen-bond donors (Lipinski definition) is 0. The Balaban J connectivity index is 2.30. The smallest absolute Gasteiger partial charge is 0.136 e. The Morgan fingerprint density at radius 3 is 2.33 bits per heavy atom. The normalized spacial score (nSPS) is 23.8. The van der Waals surface area contributed by atoms with E-state index in [0.29, 0.717) is 0 Å². The van der Waals surface area contributed by atoms with Crippen LogP contribution in [0.25, 0.3) is 0 Å². The third kappa shape index (κ3) is 2.29. The lowest BCUT2D eigenvalue weighted by atomic mass is 10.2. The molecule has 1 saturated heterocycles. The fourth-order valence-corrected chi connectivity index (χ4v) is 1.57. The minimum atomic E-state index is 0.101. The van der Waals surface area contributed by atoms with Crippen molar-refractivity contribution in [3.8, 4) is 0 Å². The zero-order valence-electron chi connectivity index (χ0n) is 7.99. The largest absolute Gasteiger partial charge is 0.302 e. The fraction of sp³-hybridized carbons (Fsp3) is 0.889. The molecule has 1 aliphatic rings. The molecule has 0 spiro atoms. The fourth-order valence-electron chi connectivity index (χ4n) is 1.57. The molecule has 1 aliphatic heterocycles. The highest BCUT2D eigenvalue weighted by atomic mass is 16.1. The summed E-state index contributed by atoms with van der Waals surface area (Å²) in [6.07, 6.45) is 1.03. The highest BCUT2D eigenvalue weighted by molar-refractivity contribution is 5.56. The van der Waals surface area contributed by atoms with Crippen LogP contribution in [0.1, 0.15) is 13.8 Å². The molecule has 0 N–H and O–H groups in total. The quantitative estimate of drug-likeness (QED) is 0.566. The molecule has 0 aromatic heterocycles. The lowest BCUT2D eigenvalue weighted by Gasteiger charge is -2.35. The number of hydrogen-bond acceptors (Lipinski definition) is 3. The van der Waals surface area contributed by atoms with Crippen molar-refractivity contribution in [3.05, 3.63) is 0 Å². The SMILES string of the molecule is CCN1CCN(C(C)C=O)CC1. The first-order chi connectivity index (χ1) is 5.77. The van der Waals surface area contributed by atoms with E-state index in [1.807, 2.05) is 6.92 Å². The highest BCUT2D eigenvalue weighted by Crippen LogP contribution is 2.03. The van der Waals surface area contributed by atoms with Crippen molar-refractivity contribution < 1.29 is 4.79 Å². The summed E-state index contributed by atoms with van der Waals surface area (Å²) in [6.45, 7) is 9.56. The van der Waals surface area contributed by atoms with Crippen molar-refractivity contribution in [1.82, 2.24) is 9.80 Å². The summed E-state index contributed by atoms with van der Waals surface area (Å²) < 4.78 is 0. The molecule has 1 atom stereocenters. The Kier molecular flexibility index (Phi) is 3.69. The standard InChI is InChI=1S/C9H18N2O/c1-3-10-4-6-11(7-5-10)9(2)8-12/h8-9H,3-7H2,1-2H3. The van der Waals surface area contributed by atoms with Crippen LogP contribution in [0, 0.1) is 0 Å². The van der Waals surface area contributed by atoms with E-state index in [0.717, 1.165) is 39.0 Å². The number of likely N-dealkylation sites (N-methyl/N-ethyl adjacent to an activating group) is 1. The van der Waals surface area contributed by atoms with Gasteiger partial charge >= 0.3 is 0 Å². The molecule has 0 saturated carbocycles. The lowest BCUT2D eigenvalue weighted by molar-refractivity contribution is -0.112. The minimum Gasteiger partial charge on any atom is -0.302 e.